The molecular weight excluding hydrogens is 262 g/mol. The van der Waals surface area contributed by atoms with E-state index in [1.807, 2.05) is 6.92 Å². The van der Waals surface area contributed by atoms with Crippen LogP contribution in [0.4, 0.5) is 5.69 Å². The van der Waals surface area contributed by atoms with Crippen LogP contribution in [0.3, 0.4) is 0 Å². The highest BCUT2D eigenvalue weighted by Gasteiger charge is 2.49. The summed E-state index contributed by atoms with van der Waals surface area (Å²) < 4.78 is 0. The minimum Gasteiger partial charge on any atom is -0.343 e. The first-order valence-electron chi connectivity index (χ1n) is 7.06. The average Bonchev–Trinajstić information content (AvgIpc) is 3.29. The monoisotopic (exact) mass is 279 g/mol. The second kappa shape index (κ2) is 4.56. The lowest BCUT2D eigenvalue weighted by Gasteiger charge is -2.26. The molecule has 0 saturated heterocycles. The maximum absolute atomic E-state index is 12.5. The van der Waals surface area contributed by atoms with Crippen LogP contribution in [-0.4, -0.2) is 18.2 Å². The summed E-state index contributed by atoms with van der Waals surface area (Å²) in [5.74, 6) is 0.467. The van der Waals surface area contributed by atoms with Gasteiger partial charge in [0.15, 0.2) is 0 Å². The summed E-state index contributed by atoms with van der Waals surface area (Å²) >= 11 is 0. The van der Waals surface area contributed by atoms with Crippen molar-refractivity contribution in [2.75, 3.05) is 0 Å². The van der Waals surface area contributed by atoms with E-state index in [0.29, 0.717) is 22.7 Å². The minimum atomic E-state index is -0.251. The Morgan fingerprint density at radius 3 is 2.76 bits per heavy atom. The third-order valence-electron chi connectivity index (χ3n) is 4.71. The van der Waals surface area contributed by atoms with E-state index in [9.17, 15) is 4.79 Å². The van der Waals surface area contributed by atoms with E-state index >= 15 is 0 Å². The standard InChI is InChI=1S/C17H17N3O/c1-10-15(16(21)20-17(10,2)12-5-6-12)13-7-4-11(9-18)8-14(13)19-3/h4,7-8,12H,3,5-6H2,1-2H3,(H,20,21). The summed E-state index contributed by atoms with van der Waals surface area (Å²) in [6.45, 7) is 7.66. The molecule has 1 heterocycles. The molecule has 3 rings (SSSR count). The number of aliphatic imine (C=N–C) groups is 1. The molecule has 4 heteroatoms. The summed E-state index contributed by atoms with van der Waals surface area (Å²) in [6, 6.07) is 7.26. The van der Waals surface area contributed by atoms with Gasteiger partial charge >= 0.3 is 0 Å². The molecule has 0 bridgehead atoms. The number of hydrogen-bond acceptors (Lipinski definition) is 3. The number of nitriles is 1. The predicted molar refractivity (Wildman–Crippen MR) is 82.2 cm³/mol. The molecule has 1 aromatic rings. The van der Waals surface area contributed by atoms with E-state index < -0.39 is 0 Å². The van der Waals surface area contributed by atoms with E-state index in [1.165, 1.54) is 0 Å². The highest BCUT2D eigenvalue weighted by molar-refractivity contribution is 6.24. The van der Waals surface area contributed by atoms with Gasteiger partial charge in [0.2, 0.25) is 0 Å². The number of carbonyl (C=O) groups is 1. The second-order valence-electron chi connectivity index (χ2n) is 5.93. The summed E-state index contributed by atoms with van der Waals surface area (Å²) in [5, 5.41) is 12.1. The topological polar surface area (TPSA) is 65.2 Å². The Morgan fingerprint density at radius 1 is 1.48 bits per heavy atom. The van der Waals surface area contributed by atoms with Crippen LogP contribution in [0.25, 0.3) is 5.57 Å². The molecule has 0 aromatic heterocycles. The van der Waals surface area contributed by atoms with Crippen LogP contribution in [0.5, 0.6) is 0 Å². The first-order valence-corrected chi connectivity index (χ1v) is 7.06. The molecule has 1 atom stereocenters. The van der Waals surface area contributed by atoms with Crippen LogP contribution in [0.1, 0.15) is 37.8 Å². The van der Waals surface area contributed by atoms with Gasteiger partial charge < -0.3 is 5.32 Å². The number of amides is 1. The summed E-state index contributed by atoms with van der Waals surface area (Å²) in [7, 11) is 0. The highest BCUT2D eigenvalue weighted by Crippen LogP contribution is 2.48. The molecule has 0 spiro atoms. The van der Waals surface area contributed by atoms with Crippen LogP contribution < -0.4 is 5.32 Å². The van der Waals surface area contributed by atoms with Gasteiger partial charge in [-0.3, -0.25) is 9.79 Å². The summed E-state index contributed by atoms with van der Waals surface area (Å²) in [5.41, 5.74) is 3.34. The average molecular weight is 279 g/mol. The third-order valence-corrected chi connectivity index (χ3v) is 4.71. The Hall–Kier alpha value is -2.41. The SMILES string of the molecule is C=Nc1cc(C#N)ccc1C1=C(C)C(C)(C2CC2)NC1=O. The Labute approximate surface area is 124 Å². The van der Waals surface area contributed by atoms with Crippen molar-refractivity contribution in [2.24, 2.45) is 10.9 Å². The number of nitrogens with zero attached hydrogens (tertiary/aromatic N) is 2. The zero-order valence-corrected chi connectivity index (χ0v) is 12.2. The van der Waals surface area contributed by atoms with Crippen LogP contribution >= 0.6 is 0 Å². The Balaban J connectivity index is 2.15. The molecule has 4 nitrogen and oxygen atoms in total. The van der Waals surface area contributed by atoms with Crippen molar-refractivity contribution in [1.82, 2.24) is 5.32 Å². The van der Waals surface area contributed by atoms with Crippen LogP contribution in [0, 0.1) is 17.2 Å². The fourth-order valence-electron chi connectivity index (χ4n) is 3.16. The lowest BCUT2D eigenvalue weighted by Crippen LogP contribution is -2.43. The maximum atomic E-state index is 12.5. The molecule has 1 aliphatic carbocycles. The van der Waals surface area contributed by atoms with E-state index in [0.717, 1.165) is 24.0 Å². The van der Waals surface area contributed by atoms with Crippen molar-refractivity contribution in [3.8, 4) is 6.07 Å². The van der Waals surface area contributed by atoms with E-state index in [-0.39, 0.29) is 11.4 Å². The molecule has 2 aliphatic rings. The van der Waals surface area contributed by atoms with Crippen molar-refractivity contribution in [3.63, 3.8) is 0 Å². The lowest BCUT2D eigenvalue weighted by molar-refractivity contribution is -0.116. The zero-order valence-electron chi connectivity index (χ0n) is 12.2. The first kappa shape index (κ1) is 13.6. The fraction of sp³-hybridized carbons (Fsp3) is 0.353. The molecule has 1 unspecified atom stereocenters. The van der Waals surface area contributed by atoms with Gasteiger partial charge in [0.25, 0.3) is 5.91 Å². The minimum absolute atomic E-state index is 0.0588. The molecule has 1 amide bonds. The van der Waals surface area contributed by atoms with Gasteiger partial charge in [-0.05, 0) is 57.0 Å². The first-order chi connectivity index (χ1) is 10.0. The number of rotatable bonds is 3. The van der Waals surface area contributed by atoms with Crippen LogP contribution in [-0.2, 0) is 4.79 Å². The quantitative estimate of drug-likeness (QED) is 0.864. The number of benzene rings is 1. The molecular formula is C17H17N3O. The fourth-order valence-corrected chi connectivity index (χ4v) is 3.16. The molecule has 1 aromatic carbocycles. The van der Waals surface area contributed by atoms with Crippen LogP contribution in [0.15, 0.2) is 28.8 Å². The smallest absolute Gasteiger partial charge is 0.252 e. The zero-order chi connectivity index (χ0) is 15.2. The maximum Gasteiger partial charge on any atom is 0.252 e. The van der Waals surface area contributed by atoms with Crippen molar-refractivity contribution < 1.29 is 4.79 Å². The number of carbonyl (C=O) groups excluding carboxylic acids is 1. The largest absolute Gasteiger partial charge is 0.343 e. The van der Waals surface area contributed by atoms with Gasteiger partial charge in [-0.2, -0.15) is 5.26 Å². The van der Waals surface area contributed by atoms with Crippen LogP contribution in [0.2, 0.25) is 0 Å². The summed E-state index contributed by atoms with van der Waals surface area (Å²) in [4.78, 5) is 16.4. The van der Waals surface area contributed by atoms with E-state index in [1.54, 1.807) is 18.2 Å². The number of hydrogen-bond donors (Lipinski definition) is 1. The molecule has 1 aliphatic heterocycles. The van der Waals surface area contributed by atoms with Crippen molar-refractivity contribution in [3.05, 3.63) is 34.9 Å². The number of nitrogens with one attached hydrogen (secondary N) is 1. The molecule has 1 N–H and O–H groups in total. The van der Waals surface area contributed by atoms with Gasteiger partial charge in [0.05, 0.1) is 22.9 Å². The Morgan fingerprint density at radius 2 is 2.19 bits per heavy atom. The summed E-state index contributed by atoms with van der Waals surface area (Å²) in [6.07, 6.45) is 2.31. The van der Waals surface area contributed by atoms with Gasteiger partial charge in [0.1, 0.15) is 0 Å². The molecule has 0 radical (unpaired) electrons. The van der Waals surface area contributed by atoms with Crippen molar-refractivity contribution in [2.45, 2.75) is 32.2 Å². The van der Waals surface area contributed by atoms with Crippen molar-refractivity contribution >= 4 is 23.9 Å². The van der Waals surface area contributed by atoms with E-state index in [4.69, 9.17) is 5.26 Å². The third kappa shape index (κ3) is 1.97. The van der Waals surface area contributed by atoms with Gasteiger partial charge in [-0.15, -0.1) is 0 Å². The molecule has 106 valence electrons. The molecule has 1 fully saturated rings. The molecule has 1 saturated carbocycles. The van der Waals surface area contributed by atoms with Gasteiger partial charge in [-0.25, -0.2) is 0 Å². The normalized spacial score (nSPS) is 24.7. The van der Waals surface area contributed by atoms with Gasteiger partial charge in [-0.1, -0.05) is 6.07 Å². The second-order valence-corrected chi connectivity index (χ2v) is 5.93. The molecule has 21 heavy (non-hydrogen) atoms. The highest BCUT2D eigenvalue weighted by atomic mass is 16.2. The van der Waals surface area contributed by atoms with Gasteiger partial charge in [0, 0.05) is 11.1 Å². The van der Waals surface area contributed by atoms with E-state index in [2.05, 4.69) is 30.0 Å². The lowest BCUT2D eigenvalue weighted by atomic mass is 9.86. The Bertz CT molecular complexity index is 722. The predicted octanol–water partition coefficient (Wildman–Crippen LogP) is 2.96. The Kier molecular flexibility index (Phi) is 2.94. The van der Waals surface area contributed by atoms with Crippen molar-refractivity contribution in [1.29, 1.82) is 5.26 Å².